The molecule has 268 valence electrons. The molecule has 0 radical (unpaired) electrons. The number of hydrogen-bond acceptors (Lipinski definition) is 10. The molecular formula is C35H45ClN8O4S2. The molecule has 4 rings (SSSR count). The van der Waals surface area contributed by atoms with Gasteiger partial charge in [-0.3, -0.25) is 9.78 Å². The molecule has 0 spiro atoms. The SMILES string of the molecule is CC(C)c1nc(CN(C)C(=O)N[C@@H](CCNCl)C(=O)N[C@H](CC[C@H](Cc2ccccc2)NC(=O)OCc2cncs2)Nc2ccccc2)cs1. The van der Waals surface area contributed by atoms with Crippen molar-refractivity contribution < 1.29 is 19.1 Å². The number of para-hydroxylation sites is 1. The molecule has 50 heavy (non-hydrogen) atoms. The molecule has 0 aliphatic heterocycles. The van der Waals surface area contributed by atoms with Crippen LogP contribution in [-0.4, -0.2) is 64.7 Å². The summed E-state index contributed by atoms with van der Waals surface area (Å²) in [4.78, 5) is 53.4. The predicted octanol–water partition coefficient (Wildman–Crippen LogP) is 6.24. The minimum absolute atomic E-state index is 0.130. The first kappa shape index (κ1) is 38.6. The van der Waals surface area contributed by atoms with Gasteiger partial charge in [0.15, 0.2) is 0 Å². The predicted molar refractivity (Wildman–Crippen MR) is 199 cm³/mol. The Balaban J connectivity index is 1.43. The number of nitrogens with zero attached hydrogens (tertiary/aromatic N) is 3. The van der Waals surface area contributed by atoms with Crippen LogP contribution in [0.4, 0.5) is 15.3 Å². The van der Waals surface area contributed by atoms with Gasteiger partial charge in [0, 0.05) is 42.8 Å². The number of thiazole rings is 2. The number of carbonyl (C=O) groups excluding carboxylic acids is 3. The Morgan fingerprint density at radius 1 is 0.940 bits per heavy atom. The first-order valence-corrected chi connectivity index (χ1v) is 18.6. The van der Waals surface area contributed by atoms with E-state index in [0.717, 1.165) is 26.8 Å². The summed E-state index contributed by atoms with van der Waals surface area (Å²) >= 11 is 8.75. The summed E-state index contributed by atoms with van der Waals surface area (Å²) in [5.41, 5.74) is 4.34. The van der Waals surface area contributed by atoms with Crippen molar-refractivity contribution in [2.24, 2.45) is 0 Å². The molecule has 2 heterocycles. The normalized spacial score (nSPS) is 12.8. The molecule has 5 N–H and O–H groups in total. The fourth-order valence-corrected chi connectivity index (χ4v) is 6.48. The maximum absolute atomic E-state index is 13.8. The van der Waals surface area contributed by atoms with Crippen molar-refractivity contribution in [2.45, 2.75) is 76.8 Å². The molecule has 0 bridgehead atoms. The standard InChI is InChI=1S/C35H45ClN8O4S2/c1-24(2)33-40-28(22-49-33)20-44(3)34(46)42-30(16-17-38-36)32(45)43-31(39-26-12-8-5-9-13-26)15-14-27(18-25-10-6-4-7-11-25)41-35(47)48-21-29-19-37-23-50-29/h4-13,19,22-24,27,30-31,38-39H,14-18,20-21H2,1-3H3,(H,41,47)(H,42,46)(H,43,45)/t27-,30+,31-/m1/s1. The van der Waals surface area contributed by atoms with E-state index in [9.17, 15) is 14.4 Å². The van der Waals surface area contributed by atoms with Gasteiger partial charge in [0.2, 0.25) is 5.91 Å². The van der Waals surface area contributed by atoms with Crippen molar-refractivity contribution in [3.05, 3.63) is 98.9 Å². The van der Waals surface area contributed by atoms with E-state index in [1.165, 1.54) is 16.2 Å². The summed E-state index contributed by atoms with van der Waals surface area (Å²) in [6, 6.07) is 17.8. The fraction of sp³-hybridized carbons (Fsp3) is 0.400. The first-order valence-electron chi connectivity index (χ1n) is 16.5. The number of aromatic nitrogens is 2. The molecule has 0 saturated carbocycles. The van der Waals surface area contributed by atoms with Crippen LogP contribution in [0.1, 0.15) is 60.2 Å². The van der Waals surface area contributed by atoms with E-state index in [4.69, 9.17) is 16.5 Å². The van der Waals surface area contributed by atoms with Gasteiger partial charge in [-0.05, 0) is 55.2 Å². The molecule has 0 aliphatic rings. The average molecular weight is 741 g/mol. The summed E-state index contributed by atoms with van der Waals surface area (Å²) in [7, 11) is 1.67. The number of benzene rings is 2. The van der Waals surface area contributed by atoms with Crippen LogP contribution in [0.2, 0.25) is 0 Å². The molecule has 2 aromatic carbocycles. The second-order valence-corrected chi connectivity index (χ2v) is 14.2. The lowest BCUT2D eigenvalue weighted by Crippen LogP contribution is -2.54. The van der Waals surface area contributed by atoms with Crippen LogP contribution in [0.15, 0.2) is 77.8 Å². The molecule has 3 atom stereocenters. The second-order valence-electron chi connectivity index (χ2n) is 12.1. The molecule has 0 unspecified atom stereocenters. The molecule has 12 nitrogen and oxygen atoms in total. The largest absolute Gasteiger partial charge is 0.444 e. The van der Waals surface area contributed by atoms with E-state index in [0.29, 0.717) is 31.7 Å². The summed E-state index contributed by atoms with van der Waals surface area (Å²) in [5, 5.41) is 15.3. The van der Waals surface area contributed by atoms with Crippen molar-refractivity contribution in [3.63, 3.8) is 0 Å². The van der Waals surface area contributed by atoms with E-state index in [-0.39, 0.29) is 31.5 Å². The second kappa shape index (κ2) is 20.4. The Morgan fingerprint density at radius 3 is 2.34 bits per heavy atom. The fourth-order valence-electron chi connectivity index (χ4n) is 5.04. The minimum atomic E-state index is -0.877. The quantitative estimate of drug-likeness (QED) is 0.0561. The van der Waals surface area contributed by atoms with Gasteiger partial charge in [-0.2, -0.15) is 0 Å². The smallest absolute Gasteiger partial charge is 0.407 e. The van der Waals surface area contributed by atoms with E-state index < -0.39 is 24.3 Å². The number of nitrogens with one attached hydrogen (secondary N) is 5. The number of halogens is 1. The average Bonchev–Trinajstić information content (AvgIpc) is 3.82. The van der Waals surface area contributed by atoms with Crippen molar-refractivity contribution in [1.82, 2.24) is 35.7 Å². The van der Waals surface area contributed by atoms with Crippen LogP contribution in [0, 0.1) is 0 Å². The van der Waals surface area contributed by atoms with Crippen molar-refractivity contribution in [2.75, 3.05) is 18.9 Å². The van der Waals surface area contributed by atoms with Crippen LogP contribution in [-0.2, 0) is 29.1 Å². The van der Waals surface area contributed by atoms with Crippen LogP contribution in [0.5, 0.6) is 0 Å². The highest BCUT2D eigenvalue weighted by molar-refractivity contribution is 7.09. The first-order chi connectivity index (χ1) is 24.2. The lowest BCUT2D eigenvalue weighted by Gasteiger charge is -2.28. The number of urea groups is 1. The molecule has 0 fully saturated rings. The maximum Gasteiger partial charge on any atom is 0.407 e. The molecule has 4 amide bonds. The highest BCUT2D eigenvalue weighted by atomic mass is 35.5. The molecule has 2 aromatic heterocycles. The number of amides is 4. The van der Waals surface area contributed by atoms with Crippen LogP contribution in [0.3, 0.4) is 0 Å². The number of rotatable bonds is 19. The van der Waals surface area contributed by atoms with Crippen molar-refractivity contribution in [3.8, 4) is 0 Å². The van der Waals surface area contributed by atoms with Crippen molar-refractivity contribution in [1.29, 1.82) is 0 Å². The molecule has 0 aliphatic carbocycles. The third kappa shape index (κ3) is 13.2. The number of ether oxygens (including phenoxy) is 1. The third-order valence-corrected chi connectivity index (χ3v) is 9.80. The van der Waals surface area contributed by atoms with Gasteiger partial charge in [0.1, 0.15) is 12.6 Å². The number of hydrogen-bond donors (Lipinski definition) is 5. The third-order valence-electron chi connectivity index (χ3n) is 7.66. The Bertz CT molecular complexity index is 1590. The topological polar surface area (TPSA) is 150 Å². The van der Waals surface area contributed by atoms with E-state index >= 15 is 0 Å². The van der Waals surface area contributed by atoms with Crippen LogP contribution in [0.25, 0.3) is 0 Å². The zero-order chi connectivity index (χ0) is 35.7. The highest BCUT2D eigenvalue weighted by Gasteiger charge is 2.26. The minimum Gasteiger partial charge on any atom is -0.444 e. The van der Waals surface area contributed by atoms with E-state index in [1.54, 1.807) is 30.1 Å². The number of anilines is 1. The van der Waals surface area contributed by atoms with E-state index in [1.807, 2.05) is 66.0 Å². The summed E-state index contributed by atoms with van der Waals surface area (Å²) in [6.45, 7) is 4.87. The van der Waals surface area contributed by atoms with Gasteiger partial charge in [0.05, 0.1) is 33.8 Å². The Kier molecular flexibility index (Phi) is 15.8. The van der Waals surface area contributed by atoms with E-state index in [2.05, 4.69) is 49.9 Å². The van der Waals surface area contributed by atoms with Crippen LogP contribution >= 0.6 is 34.5 Å². The zero-order valence-electron chi connectivity index (χ0n) is 28.4. The van der Waals surface area contributed by atoms with Gasteiger partial charge >= 0.3 is 12.1 Å². The molecule has 15 heteroatoms. The van der Waals surface area contributed by atoms with Gasteiger partial charge in [-0.15, -0.1) is 22.7 Å². The monoisotopic (exact) mass is 740 g/mol. The summed E-state index contributed by atoms with van der Waals surface area (Å²) in [6.07, 6.45) is 2.37. The maximum atomic E-state index is 13.8. The van der Waals surface area contributed by atoms with Gasteiger partial charge in [0.25, 0.3) is 0 Å². The molecule has 4 aromatic rings. The molecular weight excluding hydrogens is 696 g/mol. The van der Waals surface area contributed by atoms with Crippen molar-refractivity contribution >= 4 is 58.2 Å². The van der Waals surface area contributed by atoms with Crippen LogP contribution < -0.4 is 26.1 Å². The van der Waals surface area contributed by atoms with Gasteiger partial charge in [-0.1, -0.05) is 62.4 Å². The lowest BCUT2D eigenvalue weighted by atomic mass is 10.0. The zero-order valence-corrected chi connectivity index (χ0v) is 30.8. The van der Waals surface area contributed by atoms with Gasteiger partial charge < -0.3 is 30.9 Å². The highest BCUT2D eigenvalue weighted by Crippen LogP contribution is 2.20. The summed E-state index contributed by atoms with van der Waals surface area (Å²) < 4.78 is 5.47. The Morgan fingerprint density at radius 2 is 1.68 bits per heavy atom. The number of alkyl carbamates (subject to hydrolysis) is 1. The number of carbonyl (C=O) groups is 3. The summed E-state index contributed by atoms with van der Waals surface area (Å²) in [5.74, 6) is -0.0757. The van der Waals surface area contributed by atoms with Gasteiger partial charge in [-0.25, -0.2) is 19.4 Å². The molecule has 0 saturated heterocycles. The lowest BCUT2D eigenvalue weighted by molar-refractivity contribution is -0.123. The Labute approximate surface area is 306 Å². The Hall–Kier alpha value is -4.24.